The zero-order valence-corrected chi connectivity index (χ0v) is 17.8. The number of likely N-dealkylation sites (N-methyl/N-ethyl adjacent to an activating group) is 1. The van der Waals surface area contributed by atoms with E-state index in [0.717, 1.165) is 37.0 Å². The number of pyridine rings is 1. The Kier molecular flexibility index (Phi) is 8.35. The van der Waals surface area contributed by atoms with Crippen LogP contribution in [0.3, 0.4) is 0 Å². The third kappa shape index (κ3) is 5.50. The van der Waals surface area contributed by atoms with Gasteiger partial charge in [0.05, 0.1) is 6.54 Å². The minimum Gasteiger partial charge on any atom is -0.382 e. The van der Waals surface area contributed by atoms with Gasteiger partial charge < -0.3 is 21.7 Å². The number of rotatable bonds is 11. The third-order valence-electron chi connectivity index (χ3n) is 4.23. The molecule has 0 saturated carbocycles. The molecule has 0 fully saturated rings. The highest BCUT2D eigenvalue weighted by Crippen LogP contribution is 2.32. The van der Waals surface area contributed by atoms with Gasteiger partial charge in [0, 0.05) is 26.3 Å². The number of amides is 1. The summed E-state index contributed by atoms with van der Waals surface area (Å²) in [6.07, 6.45) is 3.46. The van der Waals surface area contributed by atoms with Crippen LogP contribution in [0.2, 0.25) is 0 Å². The lowest BCUT2D eigenvalue weighted by molar-refractivity contribution is -0.107. The number of carbonyl (C=O) groups excluding carboxylic acids is 1. The molecule has 0 bridgehead atoms. The summed E-state index contributed by atoms with van der Waals surface area (Å²) in [5.41, 5.74) is 8.25. The second-order valence-corrected chi connectivity index (χ2v) is 8.62. The predicted octanol–water partition coefficient (Wildman–Crippen LogP) is 1.05. The molecule has 1 amide bonds. The Balaban J connectivity index is 2.24. The molecule has 0 spiro atoms. The van der Waals surface area contributed by atoms with Crippen molar-refractivity contribution >= 4 is 43.0 Å². The molecule has 0 aliphatic heterocycles. The average molecular weight is 404 g/mol. The first kappa shape index (κ1) is 21.8. The maximum Gasteiger partial charge on any atom is 0.215 e. The second kappa shape index (κ2) is 10.7. The van der Waals surface area contributed by atoms with E-state index in [1.807, 2.05) is 19.2 Å². The molecular weight excluding hydrogens is 375 g/mol. The van der Waals surface area contributed by atoms with E-state index in [2.05, 4.69) is 44.5 Å². The maximum absolute atomic E-state index is 11.8. The smallest absolute Gasteiger partial charge is 0.215 e. The van der Waals surface area contributed by atoms with E-state index < -0.39 is 7.92 Å². The number of nitrogens with two attached hydrogens (primary N) is 1. The quantitative estimate of drug-likeness (QED) is 0.249. The van der Waals surface area contributed by atoms with Crippen LogP contribution in [0.25, 0.3) is 0 Å². The fourth-order valence-corrected chi connectivity index (χ4v) is 3.34. The van der Waals surface area contributed by atoms with E-state index in [0.29, 0.717) is 29.4 Å². The van der Waals surface area contributed by atoms with Crippen molar-refractivity contribution in [3.8, 4) is 0 Å². The molecule has 2 aromatic heterocycles. The van der Waals surface area contributed by atoms with Gasteiger partial charge in [-0.25, -0.2) is 15.0 Å². The van der Waals surface area contributed by atoms with Crippen molar-refractivity contribution in [3.05, 3.63) is 23.9 Å². The molecule has 0 radical (unpaired) electrons. The van der Waals surface area contributed by atoms with Gasteiger partial charge >= 0.3 is 0 Å². The molecule has 0 aromatic carbocycles. The van der Waals surface area contributed by atoms with E-state index in [1.165, 1.54) is 4.90 Å². The summed E-state index contributed by atoms with van der Waals surface area (Å²) in [6, 6.07) is 3.84. The number of nitrogens with zero attached hydrogens (tertiary/aromatic N) is 4. The molecule has 2 rings (SSSR count). The monoisotopic (exact) mass is 404 g/mol. The molecule has 152 valence electrons. The number of nitrogen functional groups attached to an aromatic ring is 1. The Hall–Kier alpha value is -2.51. The fraction of sp³-hybridized carbons (Fsp3) is 0.444. The van der Waals surface area contributed by atoms with Crippen LogP contribution in [-0.2, 0) is 11.3 Å². The minimum absolute atomic E-state index is 0.339. The fourth-order valence-electron chi connectivity index (χ4n) is 2.51. The molecule has 28 heavy (non-hydrogen) atoms. The molecule has 0 aliphatic rings. The number of aromatic nitrogens is 3. The highest BCUT2D eigenvalue weighted by atomic mass is 31.1. The Bertz CT molecular complexity index is 771. The molecule has 1 atom stereocenters. The zero-order chi connectivity index (χ0) is 20.5. The van der Waals surface area contributed by atoms with Crippen LogP contribution in [0.15, 0.2) is 18.3 Å². The van der Waals surface area contributed by atoms with Crippen LogP contribution in [0.4, 0.5) is 23.1 Å². The highest BCUT2D eigenvalue weighted by Gasteiger charge is 2.19. The number of hydrogen-bond acceptors (Lipinski definition) is 8. The standard InChI is InChI=1S/C18H29N8OP/c1-5-28(4)18-24-16(19)15(21-3)17(25-18)26(12-27)11-13-6-7-14(23-10-13)22-9-8-20-2/h6-7,10,12,20-21H,5,8-9,11H2,1-4H3,(H,22,23)(H2,19,24,25)/t28-/m1/s1. The van der Waals surface area contributed by atoms with Crippen molar-refractivity contribution in [2.45, 2.75) is 13.5 Å². The zero-order valence-electron chi connectivity index (χ0n) is 16.9. The van der Waals surface area contributed by atoms with Gasteiger partial charge in [-0.1, -0.05) is 13.0 Å². The van der Waals surface area contributed by atoms with E-state index in [-0.39, 0.29) is 0 Å². The molecule has 2 heterocycles. The second-order valence-electron chi connectivity index (χ2n) is 6.19. The lowest BCUT2D eigenvalue weighted by atomic mass is 10.2. The van der Waals surface area contributed by atoms with E-state index >= 15 is 0 Å². The Morgan fingerprint density at radius 3 is 2.61 bits per heavy atom. The molecule has 10 heteroatoms. The van der Waals surface area contributed by atoms with E-state index in [4.69, 9.17) is 5.73 Å². The number of hydrogen-bond donors (Lipinski definition) is 4. The summed E-state index contributed by atoms with van der Waals surface area (Å²) < 4.78 is 0. The summed E-state index contributed by atoms with van der Waals surface area (Å²) in [6.45, 7) is 6.17. The third-order valence-corrected chi connectivity index (χ3v) is 6.06. The van der Waals surface area contributed by atoms with Gasteiger partial charge in [-0.3, -0.25) is 9.69 Å². The number of anilines is 4. The molecule has 0 unspecified atom stereocenters. The average Bonchev–Trinajstić information content (AvgIpc) is 2.72. The largest absolute Gasteiger partial charge is 0.382 e. The van der Waals surface area contributed by atoms with Crippen LogP contribution >= 0.6 is 7.92 Å². The lowest BCUT2D eigenvalue weighted by Gasteiger charge is -2.22. The molecule has 9 nitrogen and oxygen atoms in total. The van der Waals surface area contributed by atoms with E-state index in [1.54, 1.807) is 13.2 Å². The Morgan fingerprint density at radius 1 is 1.25 bits per heavy atom. The van der Waals surface area contributed by atoms with Gasteiger partial charge in [0.15, 0.2) is 17.2 Å². The van der Waals surface area contributed by atoms with Crippen molar-refractivity contribution in [2.75, 3.05) is 61.3 Å². The van der Waals surface area contributed by atoms with Crippen molar-refractivity contribution in [1.82, 2.24) is 20.3 Å². The normalized spacial score (nSPS) is 11.7. The number of carbonyl (C=O) groups is 1. The van der Waals surface area contributed by atoms with Crippen LogP contribution in [-0.4, -0.2) is 61.4 Å². The van der Waals surface area contributed by atoms with Crippen LogP contribution in [0.5, 0.6) is 0 Å². The van der Waals surface area contributed by atoms with Crippen LogP contribution in [0.1, 0.15) is 12.5 Å². The van der Waals surface area contributed by atoms with Crippen molar-refractivity contribution in [1.29, 1.82) is 0 Å². The van der Waals surface area contributed by atoms with Gasteiger partial charge in [0.1, 0.15) is 11.5 Å². The Labute approximate surface area is 167 Å². The topological polar surface area (TPSA) is 121 Å². The van der Waals surface area contributed by atoms with Crippen LogP contribution in [0, 0.1) is 0 Å². The SMILES string of the molecule is CC[P@@](C)c1nc(N)c(NC)c(N(C=O)Cc2ccc(NCCNC)nc2)n1. The molecule has 0 saturated heterocycles. The summed E-state index contributed by atoms with van der Waals surface area (Å²) in [5, 5.41) is 9.30. The first-order valence-electron chi connectivity index (χ1n) is 9.15. The maximum atomic E-state index is 11.8. The molecule has 2 aromatic rings. The number of nitrogens with one attached hydrogen (secondary N) is 3. The predicted molar refractivity (Wildman–Crippen MR) is 118 cm³/mol. The van der Waals surface area contributed by atoms with Gasteiger partial charge in [0.2, 0.25) is 6.41 Å². The first-order valence-corrected chi connectivity index (χ1v) is 11.1. The summed E-state index contributed by atoms with van der Waals surface area (Å²) in [7, 11) is 3.12. The van der Waals surface area contributed by atoms with Crippen LogP contribution < -0.4 is 32.1 Å². The van der Waals surface area contributed by atoms with Gasteiger partial charge in [-0.15, -0.1) is 0 Å². The van der Waals surface area contributed by atoms with Gasteiger partial charge in [-0.2, -0.15) is 0 Å². The van der Waals surface area contributed by atoms with Gasteiger partial charge in [-0.05, 0) is 39.4 Å². The van der Waals surface area contributed by atoms with E-state index in [9.17, 15) is 4.79 Å². The summed E-state index contributed by atoms with van der Waals surface area (Å²) in [5.74, 6) is 1.62. The molecular formula is C18H29N8OP. The minimum atomic E-state index is -0.523. The lowest BCUT2D eigenvalue weighted by Crippen LogP contribution is -2.27. The van der Waals surface area contributed by atoms with Crippen molar-refractivity contribution in [3.63, 3.8) is 0 Å². The Morgan fingerprint density at radius 2 is 2.04 bits per heavy atom. The molecule has 5 N–H and O–H groups in total. The first-order chi connectivity index (χ1) is 13.5. The molecule has 0 aliphatic carbocycles. The highest BCUT2D eigenvalue weighted by molar-refractivity contribution is 7.64. The summed E-state index contributed by atoms with van der Waals surface area (Å²) >= 11 is 0. The summed E-state index contributed by atoms with van der Waals surface area (Å²) in [4.78, 5) is 26.8. The van der Waals surface area contributed by atoms with Crippen molar-refractivity contribution < 1.29 is 4.79 Å². The van der Waals surface area contributed by atoms with Gasteiger partial charge in [0.25, 0.3) is 0 Å². The van der Waals surface area contributed by atoms with Crippen molar-refractivity contribution in [2.24, 2.45) is 0 Å².